The molecule has 0 fully saturated rings. The average molecular weight is 355 g/mol. The minimum absolute atomic E-state index is 0.0909. The van der Waals surface area contributed by atoms with Crippen molar-refractivity contribution < 1.29 is 19.4 Å². The molecule has 0 atom stereocenters. The molecule has 0 unspecified atom stereocenters. The maximum atomic E-state index is 11.9. The second-order valence-corrected chi connectivity index (χ2v) is 5.55. The first-order valence-corrected chi connectivity index (χ1v) is 8.00. The molecule has 0 saturated carbocycles. The van der Waals surface area contributed by atoms with Gasteiger partial charge in [-0.2, -0.15) is 5.10 Å². The van der Waals surface area contributed by atoms with Crippen LogP contribution in [0.2, 0.25) is 0 Å². The number of carbonyl (C=O) groups is 2. The maximum Gasteiger partial charge on any atom is 0.307 e. The molecule has 0 aliphatic heterocycles. The van der Waals surface area contributed by atoms with Crippen LogP contribution in [0.1, 0.15) is 18.1 Å². The van der Waals surface area contributed by atoms with E-state index in [-0.39, 0.29) is 18.9 Å². The lowest BCUT2D eigenvalue weighted by Crippen LogP contribution is -2.26. The van der Waals surface area contributed by atoms with Gasteiger partial charge in [0.05, 0.1) is 25.8 Å². The van der Waals surface area contributed by atoms with Gasteiger partial charge in [0.25, 0.3) is 5.91 Å². The molecule has 136 valence electrons. The first-order valence-electron chi connectivity index (χ1n) is 8.00. The van der Waals surface area contributed by atoms with Crippen molar-refractivity contribution in [2.24, 2.45) is 5.10 Å². The summed E-state index contributed by atoms with van der Waals surface area (Å²) >= 11 is 0. The first-order chi connectivity index (χ1) is 12.5. The number of amides is 1. The zero-order valence-corrected chi connectivity index (χ0v) is 14.7. The Morgan fingerprint density at radius 2 is 1.88 bits per heavy atom. The number of nitrogens with one attached hydrogen (secondary N) is 2. The van der Waals surface area contributed by atoms with Crippen molar-refractivity contribution in [3.8, 4) is 5.75 Å². The number of hydrazone groups is 1. The number of nitrogens with zero attached hydrogens (tertiary/aromatic N) is 1. The van der Waals surface area contributed by atoms with E-state index in [4.69, 9.17) is 9.84 Å². The lowest BCUT2D eigenvalue weighted by atomic mass is 10.0. The van der Waals surface area contributed by atoms with Gasteiger partial charge in [0, 0.05) is 11.3 Å². The number of para-hydroxylation sites is 1. The summed E-state index contributed by atoms with van der Waals surface area (Å²) in [4.78, 5) is 22.9. The summed E-state index contributed by atoms with van der Waals surface area (Å²) in [6.45, 7) is 1.82. The molecule has 0 heterocycles. The van der Waals surface area contributed by atoms with Gasteiger partial charge in [0.15, 0.2) is 0 Å². The van der Waals surface area contributed by atoms with Crippen molar-refractivity contribution >= 4 is 23.3 Å². The van der Waals surface area contributed by atoms with Crippen LogP contribution in [0, 0.1) is 0 Å². The first kappa shape index (κ1) is 19.0. The molecule has 0 spiro atoms. The zero-order valence-electron chi connectivity index (χ0n) is 14.7. The number of ether oxygens (including phenoxy) is 1. The minimum atomic E-state index is -0.949. The van der Waals surface area contributed by atoms with E-state index in [1.807, 2.05) is 30.3 Å². The third-order valence-electron chi connectivity index (χ3n) is 3.62. The fourth-order valence-corrected chi connectivity index (χ4v) is 2.29. The van der Waals surface area contributed by atoms with Gasteiger partial charge < -0.3 is 15.2 Å². The second-order valence-electron chi connectivity index (χ2n) is 5.55. The summed E-state index contributed by atoms with van der Waals surface area (Å²) in [5.74, 6) is -0.733. The normalized spacial score (nSPS) is 10.9. The van der Waals surface area contributed by atoms with Crippen molar-refractivity contribution in [3.63, 3.8) is 0 Å². The van der Waals surface area contributed by atoms with Crippen LogP contribution in [0.25, 0.3) is 0 Å². The van der Waals surface area contributed by atoms with E-state index in [1.165, 1.54) is 7.11 Å². The highest BCUT2D eigenvalue weighted by Crippen LogP contribution is 2.21. The molecule has 2 aromatic rings. The molecule has 1 amide bonds. The van der Waals surface area contributed by atoms with Crippen molar-refractivity contribution in [3.05, 3.63) is 59.7 Å². The number of aliphatic carboxylic acids is 1. The number of carboxylic acid groups (broad SMARTS) is 1. The summed E-state index contributed by atoms with van der Waals surface area (Å²) in [5, 5.41) is 16.1. The Morgan fingerprint density at radius 1 is 1.15 bits per heavy atom. The Hall–Kier alpha value is -3.35. The molecule has 0 aliphatic carbocycles. The fourth-order valence-electron chi connectivity index (χ4n) is 2.29. The van der Waals surface area contributed by atoms with Crippen molar-refractivity contribution in [1.82, 2.24) is 5.43 Å². The number of rotatable bonds is 8. The third kappa shape index (κ3) is 5.62. The highest BCUT2D eigenvalue weighted by molar-refractivity contribution is 5.99. The Morgan fingerprint density at radius 3 is 2.54 bits per heavy atom. The monoisotopic (exact) mass is 355 g/mol. The van der Waals surface area contributed by atoms with Crippen LogP contribution in [-0.2, 0) is 16.0 Å². The standard InChI is InChI=1S/C19H21N3O4/c1-13(14-8-9-17(26-2)15(10-14)11-19(24)25)21-22-18(23)12-20-16-6-4-3-5-7-16/h3-10,20H,11-12H2,1-2H3,(H,22,23)(H,24,25)/b21-13-. The van der Waals surface area contributed by atoms with Crippen LogP contribution in [0.15, 0.2) is 53.6 Å². The lowest BCUT2D eigenvalue weighted by molar-refractivity contribution is -0.136. The van der Waals surface area contributed by atoms with Crippen molar-refractivity contribution in [2.75, 3.05) is 19.0 Å². The largest absolute Gasteiger partial charge is 0.496 e. The minimum Gasteiger partial charge on any atom is -0.496 e. The molecular formula is C19H21N3O4. The van der Waals surface area contributed by atoms with Crippen LogP contribution in [-0.4, -0.2) is 36.3 Å². The zero-order chi connectivity index (χ0) is 18.9. The van der Waals surface area contributed by atoms with Gasteiger partial charge in [-0.15, -0.1) is 0 Å². The van der Waals surface area contributed by atoms with Gasteiger partial charge in [-0.25, -0.2) is 5.43 Å². The number of benzene rings is 2. The number of carbonyl (C=O) groups excluding carboxylic acids is 1. The SMILES string of the molecule is COc1ccc(/C(C)=N\NC(=O)CNc2ccccc2)cc1CC(=O)O. The molecule has 0 aliphatic rings. The Balaban J connectivity index is 1.99. The predicted octanol–water partition coefficient (Wildman–Crippen LogP) is 2.27. The predicted molar refractivity (Wildman–Crippen MR) is 99.6 cm³/mol. The molecule has 7 nitrogen and oxygen atoms in total. The molecule has 0 aromatic heterocycles. The van der Waals surface area contributed by atoms with E-state index in [2.05, 4.69) is 15.8 Å². The Bertz CT molecular complexity index is 804. The molecule has 0 saturated heterocycles. The smallest absolute Gasteiger partial charge is 0.307 e. The molecule has 2 aromatic carbocycles. The number of hydrogen-bond donors (Lipinski definition) is 3. The molecule has 0 radical (unpaired) electrons. The molecule has 26 heavy (non-hydrogen) atoms. The molecule has 2 rings (SSSR count). The van der Waals surface area contributed by atoms with Gasteiger partial charge >= 0.3 is 5.97 Å². The van der Waals surface area contributed by atoms with E-state index in [0.717, 1.165) is 5.69 Å². The van der Waals surface area contributed by atoms with E-state index in [1.54, 1.807) is 25.1 Å². The lowest BCUT2D eigenvalue weighted by Gasteiger charge is -2.10. The van der Waals surface area contributed by atoms with E-state index < -0.39 is 5.97 Å². The Labute approximate surface area is 151 Å². The van der Waals surface area contributed by atoms with E-state index >= 15 is 0 Å². The van der Waals surface area contributed by atoms with Crippen molar-refractivity contribution in [2.45, 2.75) is 13.3 Å². The van der Waals surface area contributed by atoms with Gasteiger partial charge in [0.2, 0.25) is 0 Å². The molecule has 3 N–H and O–H groups in total. The number of methoxy groups -OCH3 is 1. The van der Waals surface area contributed by atoms with Crippen LogP contribution in [0.5, 0.6) is 5.75 Å². The summed E-state index contributed by atoms with van der Waals surface area (Å²) in [5.41, 5.74) is 5.14. The fraction of sp³-hybridized carbons (Fsp3) is 0.211. The van der Waals surface area contributed by atoms with Gasteiger partial charge in [-0.05, 0) is 42.8 Å². The summed E-state index contributed by atoms with van der Waals surface area (Å²) in [6.07, 6.45) is -0.155. The second kappa shape index (κ2) is 9.22. The van der Waals surface area contributed by atoms with Crippen LogP contribution >= 0.6 is 0 Å². The van der Waals surface area contributed by atoms with Crippen LogP contribution in [0.4, 0.5) is 5.69 Å². The highest BCUT2D eigenvalue weighted by Gasteiger charge is 2.10. The third-order valence-corrected chi connectivity index (χ3v) is 3.62. The summed E-state index contributed by atoms with van der Waals surface area (Å²) in [7, 11) is 1.49. The topological polar surface area (TPSA) is 100 Å². The Kier molecular flexibility index (Phi) is 6.73. The van der Waals surface area contributed by atoms with Crippen LogP contribution < -0.4 is 15.5 Å². The molecular weight excluding hydrogens is 334 g/mol. The summed E-state index contributed by atoms with van der Waals surface area (Å²) in [6, 6.07) is 14.5. The van der Waals surface area contributed by atoms with Crippen LogP contribution in [0.3, 0.4) is 0 Å². The van der Waals surface area contributed by atoms with E-state index in [0.29, 0.717) is 22.6 Å². The quantitative estimate of drug-likeness (QED) is 0.498. The number of anilines is 1. The number of hydrogen-bond acceptors (Lipinski definition) is 5. The summed E-state index contributed by atoms with van der Waals surface area (Å²) < 4.78 is 5.17. The van der Waals surface area contributed by atoms with E-state index in [9.17, 15) is 9.59 Å². The highest BCUT2D eigenvalue weighted by atomic mass is 16.5. The van der Waals surface area contributed by atoms with Gasteiger partial charge in [-0.1, -0.05) is 18.2 Å². The van der Waals surface area contributed by atoms with Gasteiger partial charge in [-0.3, -0.25) is 9.59 Å². The van der Waals surface area contributed by atoms with Crippen molar-refractivity contribution in [1.29, 1.82) is 0 Å². The van der Waals surface area contributed by atoms with Gasteiger partial charge in [0.1, 0.15) is 5.75 Å². The average Bonchev–Trinajstić information content (AvgIpc) is 2.64. The molecule has 7 heteroatoms. The maximum absolute atomic E-state index is 11.9. The number of carboxylic acids is 1. The molecule has 0 bridgehead atoms.